The summed E-state index contributed by atoms with van der Waals surface area (Å²) in [6.45, 7) is -0.398. The molecule has 0 spiro atoms. The Labute approximate surface area is 139 Å². The Morgan fingerprint density at radius 3 is 2.76 bits per heavy atom. The molecule has 25 heavy (non-hydrogen) atoms. The highest BCUT2D eigenvalue weighted by Gasteiger charge is 2.44. The second-order valence-corrected chi connectivity index (χ2v) is 5.32. The number of hydrogen-bond acceptors (Lipinski definition) is 9. The van der Waals surface area contributed by atoms with Gasteiger partial charge in [0.25, 0.3) is 0 Å². The van der Waals surface area contributed by atoms with E-state index in [1.165, 1.54) is 29.9 Å². The molecule has 0 unspecified atom stereocenters. The van der Waals surface area contributed by atoms with Crippen LogP contribution in [-0.2, 0) is 4.74 Å². The fourth-order valence-corrected chi connectivity index (χ4v) is 2.84. The van der Waals surface area contributed by atoms with Crippen LogP contribution >= 0.6 is 0 Å². The smallest absolute Gasteiger partial charge is 0.170 e. The molecule has 13 nitrogen and oxygen atoms in total. The maximum atomic E-state index is 10.4. The number of nitrogens with zero attached hydrogens (tertiary/aromatic N) is 10. The van der Waals surface area contributed by atoms with Gasteiger partial charge >= 0.3 is 0 Å². The molecular formula is C12H12N10O3. The molecule has 0 radical (unpaired) electrons. The lowest BCUT2D eigenvalue weighted by atomic mass is 10.1. The first-order valence-electron chi connectivity index (χ1n) is 7.25. The summed E-state index contributed by atoms with van der Waals surface area (Å²) >= 11 is 0. The van der Waals surface area contributed by atoms with Crippen molar-refractivity contribution in [3.8, 4) is 5.82 Å². The van der Waals surface area contributed by atoms with Gasteiger partial charge in [-0.05, 0) is 5.53 Å². The first-order valence-corrected chi connectivity index (χ1v) is 7.25. The Kier molecular flexibility index (Phi) is 3.74. The summed E-state index contributed by atoms with van der Waals surface area (Å²) < 4.78 is 8.72. The molecule has 0 aliphatic carbocycles. The molecule has 2 N–H and O–H groups in total. The van der Waals surface area contributed by atoms with Gasteiger partial charge in [0.05, 0.1) is 25.1 Å². The molecule has 4 heterocycles. The van der Waals surface area contributed by atoms with Crippen molar-refractivity contribution in [2.24, 2.45) is 5.11 Å². The van der Waals surface area contributed by atoms with Crippen LogP contribution in [0.1, 0.15) is 6.23 Å². The van der Waals surface area contributed by atoms with Crippen LogP contribution in [-0.4, -0.2) is 69.4 Å². The van der Waals surface area contributed by atoms with Gasteiger partial charge in [-0.1, -0.05) is 5.11 Å². The second kappa shape index (κ2) is 6.07. The highest BCUT2D eigenvalue weighted by Crippen LogP contribution is 2.33. The fraction of sp³-hybridized carbons (Fsp3) is 0.417. The summed E-state index contributed by atoms with van der Waals surface area (Å²) in [7, 11) is 0. The van der Waals surface area contributed by atoms with Crippen molar-refractivity contribution in [2.45, 2.75) is 24.5 Å². The number of hydrogen-bond donors (Lipinski definition) is 2. The SMILES string of the molecule is [N-]=[N+]=N[C@H]1[C@@H](O)[C@H](n2cnc3c(-n4cnnc4)ncnc32)O[C@@H]1CO. The van der Waals surface area contributed by atoms with Crippen LogP contribution < -0.4 is 0 Å². The van der Waals surface area contributed by atoms with Crippen molar-refractivity contribution in [3.63, 3.8) is 0 Å². The van der Waals surface area contributed by atoms with E-state index < -0.39 is 31.1 Å². The van der Waals surface area contributed by atoms with E-state index in [1.807, 2.05) is 0 Å². The minimum absolute atomic E-state index is 0.398. The number of ether oxygens (including phenoxy) is 1. The molecule has 1 aliphatic heterocycles. The molecule has 4 atom stereocenters. The standard InChI is InChI=1S/C12H12N10O3/c13-20-19-7-6(1-23)25-12(9(7)24)22-3-16-8-10(14-2-15-11(8)22)21-4-17-18-5-21/h2-7,9,12,23-24H,1H2/t6-,7-,9-,12-/m1/s1. The van der Waals surface area contributed by atoms with Crippen molar-refractivity contribution < 1.29 is 14.9 Å². The number of azide groups is 1. The van der Waals surface area contributed by atoms with Gasteiger partial charge in [0.1, 0.15) is 25.1 Å². The molecule has 1 fully saturated rings. The zero-order chi connectivity index (χ0) is 17.4. The summed E-state index contributed by atoms with van der Waals surface area (Å²) in [5.41, 5.74) is 9.50. The lowest BCUT2D eigenvalue weighted by Gasteiger charge is -2.16. The highest BCUT2D eigenvalue weighted by atomic mass is 16.5. The molecule has 3 aromatic heterocycles. The Hall–Kier alpha value is -3.12. The third-order valence-corrected chi connectivity index (χ3v) is 3.98. The van der Waals surface area contributed by atoms with Gasteiger partial charge in [-0.2, -0.15) is 0 Å². The first kappa shape index (κ1) is 15.4. The maximum absolute atomic E-state index is 10.4. The zero-order valence-electron chi connectivity index (χ0n) is 12.6. The lowest BCUT2D eigenvalue weighted by molar-refractivity contribution is -0.0488. The number of aromatic nitrogens is 7. The molecule has 1 aliphatic rings. The van der Waals surface area contributed by atoms with Crippen molar-refractivity contribution in [2.75, 3.05) is 6.61 Å². The quantitative estimate of drug-likeness (QED) is 0.356. The summed E-state index contributed by atoms with van der Waals surface area (Å²) in [6.07, 6.45) is 2.81. The molecular weight excluding hydrogens is 332 g/mol. The Balaban J connectivity index is 1.78. The van der Waals surface area contributed by atoms with E-state index in [0.29, 0.717) is 17.0 Å². The third-order valence-electron chi connectivity index (χ3n) is 3.98. The lowest BCUT2D eigenvalue weighted by Crippen LogP contribution is -2.31. The minimum Gasteiger partial charge on any atom is -0.394 e. The molecule has 4 rings (SSSR count). The van der Waals surface area contributed by atoms with Crippen LogP contribution in [0.25, 0.3) is 27.4 Å². The van der Waals surface area contributed by atoms with E-state index in [1.54, 1.807) is 4.57 Å². The van der Waals surface area contributed by atoms with Gasteiger partial charge in [-0.25, -0.2) is 15.0 Å². The van der Waals surface area contributed by atoms with Crippen molar-refractivity contribution >= 4 is 11.2 Å². The largest absolute Gasteiger partial charge is 0.394 e. The Morgan fingerprint density at radius 1 is 1.24 bits per heavy atom. The maximum Gasteiger partial charge on any atom is 0.170 e. The number of aliphatic hydroxyl groups excluding tert-OH is 2. The van der Waals surface area contributed by atoms with Gasteiger partial charge in [0.2, 0.25) is 0 Å². The molecule has 128 valence electrons. The van der Waals surface area contributed by atoms with E-state index in [4.69, 9.17) is 10.3 Å². The van der Waals surface area contributed by atoms with E-state index >= 15 is 0 Å². The highest BCUT2D eigenvalue weighted by molar-refractivity contribution is 5.78. The molecule has 1 saturated heterocycles. The van der Waals surface area contributed by atoms with Crippen LogP contribution in [0.4, 0.5) is 0 Å². The number of fused-ring (bicyclic) bond motifs is 1. The molecule has 0 bridgehead atoms. The van der Waals surface area contributed by atoms with E-state index in [-0.39, 0.29) is 0 Å². The first-order chi connectivity index (χ1) is 12.2. The van der Waals surface area contributed by atoms with Gasteiger partial charge in [0, 0.05) is 4.91 Å². The van der Waals surface area contributed by atoms with Crippen molar-refractivity contribution in [1.82, 2.24) is 34.3 Å². The topological polar surface area (TPSA) is 173 Å². The van der Waals surface area contributed by atoms with Gasteiger partial charge in [-0.15, -0.1) is 10.2 Å². The average molecular weight is 344 g/mol. The van der Waals surface area contributed by atoms with E-state index in [2.05, 4.69) is 35.2 Å². The van der Waals surface area contributed by atoms with Crippen molar-refractivity contribution in [1.29, 1.82) is 0 Å². The Morgan fingerprint density at radius 2 is 2.04 bits per heavy atom. The Bertz CT molecular complexity index is 934. The van der Waals surface area contributed by atoms with Gasteiger partial charge in [0.15, 0.2) is 23.2 Å². The minimum atomic E-state index is -1.17. The zero-order valence-corrected chi connectivity index (χ0v) is 12.6. The summed E-state index contributed by atoms with van der Waals surface area (Å²) in [6, 6.07) is -0.920. The molecule has 0 saturated carbocycles. The van der Waals surface area contributed by atoms with E-state index in [9.17, 15) is 10.2 Å². The molecule has 13 heteroatoms. The average Bonchev–Trinajstić information content (AvgIpc) is 3.35. The monoisotopic (exact) mass is 344 g/mol. The van der Waals surface area contributed by atoms with Crippen molar-refractivity contribution in [3.05, 3.63) is 35.8 Å². The molecule has 0 aromatic carbocycles. The summed E-state index contributed by atoms with van der Waals surface area (Å²) in [5.74, 6) is 0.464. The predicted octanol–water partition coefficient (Wildman–Crippen LogP) is -0.663. The summed E-state index contributed by atoms with van der Waals surface area (Å²) in [4.78, 5) is 15.3. The number of imidazole rings is 1. The number of aliphatic hydroxyl groups is 2. The molecule has 3 aromatic rings. The van der Waals surface area contributed by atoms with Gasteiger partial charge < -0.3 is 14.9 Å². The number of rotatable bonds is 4. The van der Waals surface area contributed by atoms with E-state index in [0.717, 1.165) is 0 Å². The van der Waals surface area contributed by atoms with Crippen LogP contribution in [0.15, 0.2) is 30.4 Å². The van der Waals surface area contributed by atoms with Crippen LogP contribution in [0.3, 0.4) is 0 Å². The fourth-order valence-electron chi connectivity index (χ4n) is 2.84. The molecule has 0 amide bonds. The van der Waals surface area contributed by atoms with Crippen LogP contribution in [0.5, 0.6) is 0 Å². The summed E-state index contributed by atoms with van der Waals surface area (Å²) in [5, 5.41) is 30.8. The van der Waals surface area contributed by atoms with Gasteiger partial charge in [-0.3, -0.25) is 9.13 Å². The predicted molar refractivity (Wildman–Crippen MR) is 80.2 cm³/mol. The normalized spacial score (nSPS) is 26.0. The van der Waals surface area contributed by atoms with Crippen LogP contribution in [0.2, 0.25) is 0 Å². The third kappa shape index (κ3) is 2.38. The van der Waals surface area contributed by atoms with Crippen LogP contribution in [0, 0.1) is 0 Å². The second-order valence-electron chi connectivity index (χ2n) is 5.32.